The molecule has 92 valence electrons. The maximum Gasteiger partial charge on any atom is 0.255 e. The first-order valence-corrected chi connectivity index (χ1v) is 6.70. The van der Waals surface area contributed by atoms with Gasteiger partial charge in [-0.05, 0) is 41.0 Å². The van der Waals surface area contributed by atoms with Crippen LogP contribution >= 0.6 is 27.5 Å². The van der Waals surface area contributed by atoms with Crippen molar-refractivity contribution in [3.8, 4) is 0 Å². The number of rotatable bonds is 2. The van der Waals surface area contributed by atoms with Crippen LogP contribution in [0.2, 0.25) is 5.02 Å². The molecule has 1 atom stereocenters. The van der Waals surface area contributed by atoms with Crippen molar-refractivity contribution < 1.29 is 4.79 Å². The second-order valence-corrected chi connectivity index (χ2v) is 5.40. The normalized spacial score (nSPS) is 19.4. The van der Waals surface area contributed by atoms with E-state index in [0.29, 0.717) is 10.6 Å². The Balaban J connectivity index is 2.21. The highest BCUT2D eigenvalue weighted by Gasteiger charge is 2.25. The van der Waals surface area contributed by atoms with E-state index < -0.39 is 0 Å². The van der Waals surface area contributed by atoms with Crippen molar-refractivity contribution in [2.24, 2.45) is 0 Å². The minimum atomic E-state index is -0.0231. The van der Waals surface area contributed by atoms with Gasteiger partial charge >= 0.3 is 0 Å². The van der Waals surface area contributed by atoms with Crippen molar-refractivity contribution in [2.45, 2.75) is 12.5 Å². The second-order valence-electron chi connectivity index (χ2n) is 4.16. The molecule has 1 N–H and O–H groups in total. The number of carbonyl (C=O) groups excluding carboxylic acids is 1. The van der Waals surface area contributed by atoms with E-state index in [0.717, 1.165) is 24.0 Å². The van der Waals surface area contributed by atoms with E-state index in [1.54, 1.807) is 11.0 Å². The van der Waals surface area contributed by atoms with Crippen LogP contribution in [0.5, 0.6) is 0 Å². The number of benzene rings is 1. The van der Waals surface area contributed by atoms with Gasteiger partial charge in [-0.3, -0.25) is 4.79 Å². The Kier molecular flexibility index (Phi) is 4.07. The highest BCUT2D eigenvalue weighted by atomic mass is 79.9. The number of likely N-dealkylation sites (N-methyl/N-ethyl adjacent to an activating group) is 1. The predicted molar refractivity (Wildman–Crippen MR) is 72.5 cm³/mol. The summed E-state index contributed by atoms with van der Waals surface area (Å²) in [5, 5.41) is 3.73. The summed E-state index contributed by atoms with van der Waals surface area (Å²) in [5.74, 6) is -0.0231. The van der Waals surface area contributed by atoms with E-state index in [1.165, 1.54) is 0 Å². The van der Waals surface area contributed by atoms with Crippen LogP contribution in [0.1, 0.15) is 16.8 Å². The molecular weight excluding hydrogens is 304 g/mol. The number of hydrogen-bond acceptors (Lipinski definition) is 2. The second kappa shape index (κ2) is 5.38. The van der Waals surface area contributed by atoms with Gasteiger partial charge in [0.1, 0.15) is 0 Å². The zero-order valence-electron chi connectivity index (χ0n) is 9.54. The lowest BCUT2D eigenvalue weighted by Crippen LogP contribution is -2.38. The molecule has 2 rings (SSSR count). The van der Waals surface area contributed by atoms with Gasteiger partial charge in [0.05, 0.1) is 10.6 Å². The SMILES string of the molecule is CN(C(=O)c1cccc(Br)c1Cl)C1CCNC1. The van der Waals surface area contributed by atoms with Gasteiger partial charge < -0.3 is 10.2 Å². The van der Waals surface area contributed by atoms with Gasteiger partial charge in [0.15, 0.2) is 0 Å². The van der Waals surface area contributed by atoms with Crippen LogP contribution in [0.3, 0.4) is 0 Å². The van der Waals surface area contributed by atoms with E-state index in [2.05, 4.69) is 21.2 Å². The zero-order valence-corrected chi connectivity index (χ0v) is 11.9. The molecule has 0 aromatic heterocycles. The van der Waals surface area contributed by atoms with Gasteiger partial charge in [0, 0.05) is 24.1 Å². The summed E-state index contributed by atoms with van der Waals surface area (Å²) in [7, 11) is 1.83. The number of carbonyl (C=O) groups is 1. The summed E-state index contributed by atoms with van der Waals surface area (Å²) >= 11 is 9.46. The average molecular weight is 318 g/mol. The minimum Gasteiger partial charge on any atom is -0.337 e. The number of nitrogens with one attached hydrogen (secondary N) is 1. The van der Waals surface area contributed by atoms with Crippen LogP contribution in [-0.2, 0) is 0 Å². The average Bonchev–Trinajstić information content (AvgIpc) is 2.84. The third kappa shape index (κ3) is 2.64. The smallest absolute Gasteiger partial charge is 0.255 e. The van der Waals surface area contributed by atoms with E-state index >= 15 is 0 Å². The van der Waals surface area contributed by atoms with Crippen molar-refractivity contribution in [2.75, 3.05) is 20.1 Å². The van der Waals surface area contributed by atoms with E-state index in [9.17, 15) is 4.79 Å². The summed E-state index contributed by atoms with van der Waals surface area (Å²) in [4.78, 5) is 14.1. The lowest BCUT2D eigenvalue weighted by Gasteiger charge is -2.24. The van der Waals surface area contributed by atoms with Gasteiger partial charge in [-0.2, -0.15) is 0 Å². The first-order chi connectivity index (χ1) is 8.11. The Labute approximate surface area is 114 Å². The van der Waals surface area contributed by atoms with Crippen LogP contribution in [-0.4, -0.2) is 37.0 Å². The molecule has 1 aromatic carbocycles. The maximum absolute atomic E-state index is 12.3. The van der Waals surface area contributed by atoms with Gasteiger partial charge in [-0.25, -0.2) is 0 Å². The molecule has 17 heavy (non-hydrogen) atoms. The summed E-state index contributed by atoms with van der Waals surface area (Å²) in [5.41, 5.74) is 0.551. The van der Waals surface area contributed by atoms with Crippen LogP contribution < -0.4 is 5.32 Å². The molecule has 5 heteroatoms. The number of nitrogens with zero attached hydrogens (tertiary/aromatic N) is 1. The number of hydrogen-bond donors (Lipinski definition) is 1. The Morgan fingerprint density at radius 1 is 1.59 bits per heavy atom. The quantitative estimate of drug-likeness (QED) is 0.909. The van der Waals surface area contributed by atoms with Crippen LogP contribution in [0.25, 0.3) is 0 Å². The van der Waals surface area contributed by atoms with Gasteiger partial charge in [-0.15, -0.1) is 0 Å². The first-order valence-electron chi connectivity index (χ1n) is 5.53. The Bertz CT molecular complexity index is 433. The summed E-state index contributed by atoms with van der Waals surface area (Å²) < 4.78 is 0.753. The first kappa shape index (κ1) is 12.9. The molecular formula is C12H14BrClN2O. The van der Waals surface area contributed by atoms with Crippen LogP contribution in [0.4, 0.5) is 0 Å². The van der Waals surface area contributed by atoms with Gasteiger partial charge in [0.2, 0.25) is 0 Å². The summed E-state index contributed by atoms with van der Waals surface area (Å²) in [6, 6.07) is 5.67. The van der Waals surface area contributed by atoms with Crippen LogP contribution in [0.15, 0.2) is 22.7 Å². The zero-order chi connectivity index (χ0) is 12.4. The standard InChI is InChI=1S/C12H14BrClN2O/c1-16(8-5-6-15-7-8)12(17)9-3-2-4-10(13)11(9)14/h2-4,8,15H,5-7H2,1H3. The molecule has 0 radical (unpaired) electrons. The van der Waals surface area contributed by atoms with Crippen molar-refractivity contribution in [3.63, 3.8) is 0 Å². The van der Waals surface area contributed by atoms with Crippen LogP contribution in [0, 0.1) is 0 Å². The van der Waals surface area contributed by atoms with Crippen molar-refractivity contribution in [3.05, 3.63) is 33.3 Å². The molecule has 0 saturated carbocycles. The number of halogens is 2. The fourth-order valence-electron chi connectivity index (χ4n) is 1.99. The van der Waals surface area contributed by atoms with E-state index in [-0.39, 0.29) is 11.9 Å². The molecule has 3 nitrogen and oxygen atoms in total. The fraction of sp³-hybridized carbons (Fsp3) is 0.417. The highest BCUT2D eigenvalue weighted by Crippen LogP contribution is 2.27. The molecule has 1 fully saturated rings. The van der Waals surface area contributed by atoms with Gasteiger partial charge in [-0.1, -0.05) is 17.7 Å². The molecule has 1 aliphatic heterocycles. The lowest BCUT2D eigenvalue weighted by atomic mass is 10.1. The molecule has 1 saturated heterocycles. The third-order valence-corrected chi connectivity index (χ3v) is 4.38. The summed E-state index contributed by atoms with van der Waals surface area (Å²) in [6.45, 7) is 1.82. The van der Waals surface area contributed by atoms with Crippen molar-refractivity contribution >= 4 is 33.4 Å². The molecule has 1 aromatic rings. The van der Waals surface area contributed by atoms with E-state index in [4.69, 9.17) is 11.6 Å². The summed E-state index contributed by atoms with van der Waals surface area (Å²) in [6.07, 6.45) is 0.994. The van der Waals surface area contributed by atoms with Crippen molar-refractivity contribution in [1.82, 2.24) is 10.2 Å². The predicted octanol–water partition coefficient (Wildman–Crippen LogP) is 2.54. The molecule has 1 aliphatic rings. The monoisotopic (exact) mass is 316 g/mol. The maximum atomic E-state index is 12.3. The molecule has 1 unspecified atom stereocenters. The largest absolute Gasteiger partial charge is 0.337 e. The minimum absolute atomic E-state index is 0.0231. The molecule has 0 spiro atoms. The Morgan fingerprint density at radius 3 is 3.00 bits per heavy atom. The van der Waals surface area contributed by atoms with Gasteiger partial charge in [0.25, 0.3) is 5.91 Å². The van der Waals surface area contributed by atoms with E-state index in [1.807, 2.05) is 19.2 Å². The fourth-order valence-corrected chi connectivity index (χ4v) is 2.57. The highest BCUT2D eigenvalue weighted by molar-refractivity contribution is 9.10. The molecule has 0 bridgehead atoms. The molecule has 0 aliphatic carbocycles. The Morgan fingerprint density at radius 2 is 2.35 bits per heavy atom. The topological polar surface area (TPSA) is 32.3 Å². The lowest BCUT2D eigenvalue weighted by molar-refractivity contribution is 0.0744. The Hall–Kier alpha value is -0.580. The van der Waals surface area contributed by atoms with Crippen molar-refractivity contribution in [1.29, 1.82) is 0 Å². The third-order valence-electron chi connectivity index (χ3n) is 3.08. The molecule has 1 amide bonds. The molecule has 1 heterocycles. The number of amides is 1.